The molecule has 1 aromatic heterocycles. The first-order valence-electron chi connectivity index (χ1n) is 6.66. The molecule has 4 heteroatoms. The third-order valence-corrected chi connectivity index (χ3v) is 4.10. The number of aliphatic hydroxyl groups is 1. The molecule has 0 aliphatic rings. The Morgan fingerprint density at radius 2 is 1.95 bits per heavy atom. The molecule has 0 aliphatic heterocycles. The summed E-state index contributed by atoms with van der Waals surface area (Å²) in [5.74, 6) is -0.0733. The van der Waals surface area contributed by atoms with Gasteiger partial charge in [0.25, 0.3) is 5.91 Å². The molecule has 2 aromatic rings. The van der Waals surface area contributed by atoms with Gasteiger partial charge in [0.05, 0.1) is 11.0 Å². The van der Waals surface area contributed by atoms with Gasteiger partial charge in [0, 0.05) is 10.9 Å². The molecular formula is C16H19NO2S. The maximum absolute atomic E-state index is 12.0. The van der Waals surface area contributed by atoms with Crippen molar-refractivity contribution in [2.24, 2.45) is 0 Å². The molecule has 2 atom stereocenters. The largest absolute Gasteiger partial charge is 0.388 e. The number of amides is 1. The fourth-order valence-corrected chi connectivity index (χ4v) is 2.83. The molecule has 20 heavy (non-hydrogen) atoms. The van der Waals surface area contributed by atoms with Crippen molar-refractivity contribution in [2.75, 3.05) is 0 Å². The lowest BCUT2D eigenvalue weighted by molar-refractivity contribution is 0.0921. The van der Waals surface area contributed by atoms with Crippen LogP contribution in [0.4, 0.5) is 0 Å². The van der Waals surface area contributed by atoms with Crippen LogP contribution in [0.5, 0.6) is 0 Å². The van der Waals surface area contributed by atoms with Crippen molar-refractivity contribution in [2.45, 2.75) is 32.4 Å². The number of aliphatic hydroxyl groups excluding tert-OH is 1. The zero-order chi connectivity index (χ0) is 14.5. The fraction of sp³-hybridized carbons (Fsp3) is 0.312. The summed E-state index contributed by atoms with van der Waals surface area (Å²) in [7, 11) is 0. The average molecular weight is 289 g/mol. The molecule has 0 aliphatic carbocycles. The molecule has 1 aromatic carbocycles. The van der Waals surface area contributed by atoms with E-state index in [9.17, 15) is 9.90 Å². The van der Waals surface area contributed by atoms with Crippen molar-refractivity contribution in [1.29, 1.82) is 0 Å². The van der Waals surface area contributed by atoms with Gasteiger partial charge in [-0.2, -0.15) is 0 Å². The van der Waals surface area contributed by atoms with Crippen molar-refractivity contribution < 1.29 is 9.90 Å². The zero-order valence-electron chi connectivity index (χ0n) is 11.7. The normalized spacial score (nSPS) is 13.8. The van der Waals surface area contributed by atoms with E-state index in [1.807, 2.05) is 56.3 Å². The van der Waals surface area contributed by atoms with Gasteiger partial charge in [-0.1, -0.05) is 30.3 Å². The lowest BCUT2D eigenvalue weighted by Gasteiger charge is -2.17. The van der Waals surface area contributed by atoms with Crippen LogP contribution in [0, 0.1) is 6.92 Å². The minimum absolute atomic E-state index is 0.0733. The molecule has 1 amide bonds. The van der Waals surface area contributed by atoms with Gasteiger partial charge in [0.15, 0.2) is 0 Å². The van der Waals surface area contributed by atoms with E-state index in [2.05, 4.69) is 5.32 Å². The lowest BCUT2D eigenvalue weighted by Crippen LogP contribution is -2.33. The Labute approximate surface area is 123 Å². The summed E-state index contributed by atoms with van der Waals surface area (Å²) in [4.78, 5) is 13.8. The SMILES string of the molecule is Cc1ccc(C(=O)N[C@H](C)C[C@@H](O)c2ccccc2)s1. The van der Waals surface area contributed by atoms with Gasteiger partial charge in [0.1, 0.15) is 0 Å². The van der Waals surface area contributed by atoms with Crippen molar-refractivity contribution in [1.82, 2.24) is 5.32 Å². The van der Waals surface area contributed by atoms with Crippen molar-refractivity contribution in [3.63, 3.8) is 0 Å². The first-order chi connectivity index (χ1) is 9.56. The summed E-state index contributed by atoms with van der Waals surface area (Å²) in [5, 5.41) is 13.1. The molecule has 3 nitrogen and oxygen atoms in total. The Morgan fingerprint density at radius 3 is 2.55 bits per heavy atom. The van der Waals surface area contributed by atoms with Crippen molar-refractivity contribution >= 4 is 17.2 Å². The highest BCUT2D eigenvalue weighted by atomic mass is 32.1. The summed E-state index contributed by atoms with van der Waals surface area (Å²) in [6.07, 6.45) is -0.0586. The van der Waals surface area contributed by atoms with E-state index in [0.717, 1.165) is 10.4 Å². The number of nitrogens with one attached hydrogen (secondary N) is 1. The minimum atomic E-state index is -0.559. The van der Waals surface area contributed by atoms with Gasteiger partial charge in [-0.25, -0.2) is 0 Å². The molecule has 0 saturated heterocycles. The van der Waals surface area contributed by atoms with Gasteiger partial charge in [0.2, 0.25) is 0 Å². The fourth-order valence-electron chi connectivity index (χ4n) is 2.06. The van der Waals surface area contributed by atoms with Crippen LogP contribution >= 0.6 is 11.3 Å². The maximum atomic E-state index is 12.0. The Kier molecular flexibility index (Phi) is 4.93. The van der Waals surface area contributed by atoms with Crippen LogP contribution in [0.3, 0.4) is 0 Å². The Bertz CT molecular complexity index is 565. The van der Waals surface area contributed by atoms with Crippen LogP contribution in [-0.2, 0) is 0 Å². The summed E-state index contributed by atoms with van der Waals surface area (Å²) in [5.41, 5.74) is 0.876. The van der Waals surface area contributed by atoms with Crippen LogP contribution in [0.2, 0.25) is 0 Å². The molecule has 0 spiro atoms. The van der Waals surface area contributed by atoms with E-state index in [1.54, 1.807) is 0 Å². The zero-order valence-corrected chi connectivity index (χ0v) is 12.5. The number of thiophene rings is 1. The number of hydrogen-bond acceptors (Lipinski definition) is 3. The van der Waals surface area contributed by atoms with Crippen molar-refractivity contribution in [3.05, 3.63) is 57.8 Å². The van der Waals surface area contributed by atoms with Gasteiger partial charge in [-0.15, -0.1) is 11.3 Å². The molecule has 2 N–H and O–H groups in total. The molecule has 0 radical (unpaired) electrons. The molecule has 1 heterocycles. The predicted molar refractivity (Wildman–Crippen MR) is 82.0 cm³/mol. The topological polar surface area (TPSA) is 49.3 Å². The summed E-state index contributed by atoms with van der Waals surface area (Å²) in [6.45, 7) is 3.88. The second-order valence-corrected chi connectivity index (χ2v) is 6.23. The molecule has 0 bridgehead atoms. The second kappa shape index (κ2) is 6.68. The molecule has 0 unspecified atom stereocenters. The van der Waals surface area contributed by atoms with E-state index in [4.69, 9.17) is 0 Å². The van der Waals surface area contributed by atoms with E-state index < -0.39 is 6.10 Å². The van der Waals surface area contributed by atoms with Crippen LogP contribution in [0.1, 0.15) is 39.6 Å². The highest BCUT2D eigenvalue weighted by Gasteiger charge is 2.15. The Morgan fingerprint density at radius 1 is 1.25 bits per heavy atom. The first kappa shape index (κ1) is 14.8. The van der Waals surface area contributed by atoms with Gasteiger partial charge in [-0.3, -0.25) is 4.79 Å². The third kappa shape index (κ3) is 3.92. The number of carbonyl (C=O) groups is 1. The average Bonchev–Trinajstić information content (AvgIpc) is 2.86. The van der Waals surface area contributed by atoms with Crippen LogP contribution < -0.4 is 5.32 Å². The maximum Gasteiger partial charge on any atom is 0.261 e. The van der Waals surface area contributed by atoms with Crippen LogP contribution in [0.25, 0.3) is 0 Å². The molecule has 0 saturated carbocycles. The highest BCUT2D eigenvalue weighted by molar-refractivity contribution is 7.13. The van der Waals surface area contributed by atoms with Gasteiger partial charge in [-0.05, 0) is 38.0 Å². The number of aryl methyl sites for hydroxylation is 1. The number of rotatable bonds is 5. The van der Waals surface area contributed by atoms with Crippen molar-refractivity contribution in [3.8, 4) is 0 Å². The van der Waals surface area contributed by atoms with E-state index in [1.165, 1.54) is 11.3 Å². The van der Waals surface area contributed by atoms with E-state index >= 15 is 0 Å². The van der Waals surface area contributed by atoms with Crippen LogP contribution in [-0.4, -0.2) is 17.1 Å². The summed E-state index contributed by atoms with van der Waals surface area (Å²) in [6, 6.07) is 13.2. The Hall–Kier alpha value is -1.65. The minimum Gasteiger partial charge on any atom is -0.388 e. The monoisotopic (exact) mass is 289 g/mol. The molecular weight excluding hydrogens is 270 g/mol. The molecule has 106 valence electrons. The number of hydrogen-bond donors (Lipinski definition) is 2. The summed E-state index contributed by atoms with van der Waals surface area (Å²) >= 11 is 1.48. The third-order valence-electron chi connectivity index (χ3n) is 3.10. The standard InChI is InChI=1S/C16H19NO2S/c1-11(10-14(18)13-6-4-3-5-7-13)17-16(19)15-9-8-12(2)20-15/h3-9,11,14,18H,10H2,1-2H3,(H,17,19)/t11-,14-/m1/s1. The number of benzene rings is 1. The van der Waals surface area contributed by atoms with E-state index in [-0.39, 0.29) is 11.9 Å². The lowest BCUT2D eigenvalue weighted by atomic mass is 10.0. The quantitative estimate of drug-likeness (QED) is 0.887. The number of carbonyl (C=O) groups excluding carboxylic acids is 1. The first-order valence-corrected chi connectivity index (χ1v) is 7.48. The predicted octanol–water partition coefficient (Wildman–Crippen LogP) is 3.30. The summed E-state index contributed by atoms with van der Waals surface area (Å²) < 4.78 is 0. The van der Waals surface area contributed by atoms with Gasteiger partial charge < -0.3 is 10.4 Å². The Balaban J connectivity index is 1.89. The van der Waals surface area contributed by atoms with E-state index in [0.29, 0.717) is 11.3 Å². The van der Waals surface area contributed by atoms with Crippen LogP contribution in [0.15, 0.2) is 42.5 Å². The smallest absolute Gasteiger partial charge is 0.261 e. The van der Waals surface area contributed by atoms with Gasteiger partial charge >= 0.3 is 0 Å². The second-order valence-electron chi connectivity index (χ2n) is 4.95. The molecule has 2 rings (SSSR count). The molecule has 0 fully saturated rings. The highest BCUT2D eigenvalue weighted by Crippen LogP contribution is 2.19.